The molecule has 198 valence electrons. The van der Waals surface area contributed by atoms with E-state index in [1.165, 1.54) is 70.6 Å². The molecule has 0 bridgehead atoms. The normalized spacial score (nSPS) is 25.8. The summed E-state index contributed by atoms with van der Waals surface area (Å²) < 4.78 is 68.3. The van der Waals surface area contributed by atoms with Gasteiger partial charge in [-0.05, 0) is 99.2 Å². The van der Waals surface area contributed by atoms with E-state index in [1.807, 2.05) is 0 Å². The number of halogens is 5. The molecule has 0 spiro atoms. The van der Waals surface area contributed by atoms with Gasteiger partial charge >= 0.3 is 6.36 Å². The quantitative estimate of drug-likeness (QED) is 0.167. The third-order valence-electron chi connectivity index (χ3n) is 8.17. The molecular weight excluding hydrogens is 459 g/mol. The minimum Gasteiger partial charge on any atom is -0.399 e. The summed E-state index contributed by atoms with van der Waals surface area (Å²) in [6, 6.07) is 1.94. The number of benzene rings is 1. The topological polar surface area (TPSA) is 9.23 Å². The van der Waals surface area contributed by atoms with E-state index < -0.39 is 23.7 Å². The van der Waals surface area contributed by atoms with Gasteiger partial charge in [0, 0.05) is 0 Å². The molecule has 0 radical (unpaired) electrons. The molecule has 0 aromatic heterocycles. The Labute approximate surface area is 207 Å². The number of rotatable bonds is 11. The molecule has 2 aliphatic rings. The fourth-order valence-electron chi connectivity index (χ4n) is 6.16. The van der Waals surface area contributed by atoms with Crippen molar-refractivity contribution >= 4 is 0 Å². The number of unbranched alkanes of at least 4 members (excludes halogenated alkanes) is 2. The molecule has 1 aromatic rings. The summed E-state index contributed by atoms with van der Waals surface area (Å²) in [5, 5.41) is 0. The smallest absolute Gasteiger partial charge is 0.399 e. The monoisotopic (exact) mass is 500 g/mol. The van der Waals surface area contributed by atoms with Gasteiger partial charge in [0.05, 0.1) is 0 Å². The maximum Gasteiger partial charge on any atom is 0.573 e. The van der Waals surface area contributed by atoms with Crippen LogP contribution in [-0.2, 0) is 6.42 Å². The molecular formula is C29H41F5O. The second kappa shape index (κ2) is 13.6. The lowest BCUT2D eigenvalue weighted by Crippen LogP contribution is -2.26. The molecule has 0 heterocycles. The van der Waals surface area contributed by atoms with Crippen molar-refractivity contribution < 1.29 is 26.7 Å². The van der Waals surface area contributed by atoms with E-state index in [-0.39, 0.29) is 0 Å². The first-order chi connectivity index (χ1) is 16.7. The summed E-state index contributed by atoms with van der Waals surface area (Å²) in [5.41, 5.74) is 0.385. The molecule has 2 aliphatic carbocycles. The van der Waals surface area contributed by atoms with Gasteiger partial charge in [-0.3, -0.25) is 0 Å². The van der Waals surface area contributed by atoms with Crippen molar-refractivity contribution in [3.8, 4) is 5.75 Å². The van der Waals surface area contributed by atoms with Gasteiger partial charge < -0.3 is 4.74 Å². The molecule has 0 saturated heterocycles. The SMILES string of the molecule is CCC/C=C/CCC[C@H]1CC[C@H]([C@H]2CC[C@H](CCc3cc(F)c(OC(F)(F)F)c(F)c3)CC2)CC1. The number of allylic oxidation sites excluding steroid dienone is 2. The third-order valence-corrected chi connectivity index (χ3v) is 8.17. The highest BCUT2D eigenvalue weighted by Crippen LogP contribution is 2.43. The van der Waals surface area contributed by atoms with Gasteiger partial charge in [0.25, 0.3) is 0 Å². The standard InChI is InChI=1S/C29H41F5O/c1-2-3-4-5-6-7-8-21-11-15-24(16-12-21)25-17-13-22(14-18-25)9-10-23-19-26(30)28(27(31)20-23)35-29(32,33)34/h4-5,19-22,24-25H,2-3,6-18H2,1H3/b5-4+/t21-,22-,24-,25-. The van der Waals surface area contributed by atoms with E-state index in [4.69, 9.17) is 0 Å². The molecule has 6 heteroatoms. The molecule has 0 unspecified atom stereocenters. The van der Waals surface area contributed by atoms with Gasteiger partial charge in [-0.25, -0.2) is 8.78 Å². The van der Waals surface area contributed by atoms with E-state index >= 15 is 0 Å². The van der Waals surface area contributed by atoms with Crippen molar-refractivity contribution in [2.45, 2.75) is 110 Å². The summed E-state index contributed by atoms with van der Waals surface area (Å²) in [6.07, 6.45) is 17.3. The predicted molar refractivity (Wildman–Crippen MR) is 130 cm³/mol. The summed E-state index contributed by atoms with van der Waals surface area (Å²) in [6.45, 7) is 2.21. The Morgan fingerprint density at radius 1 is 0.800 bits per heavy atom. The minimum absolute atomic E-state index is 0.385. The van der Waals surface area contributed by atoms with E-state index in [0.29, 0.717) is 17.9 Å². The molecule has 2 fully saturated rings. The van der Waals surface area contributed by atoms with E-state index in [1.54, 1.807) is 0 Å². The summed E-state index contributed by atoms with van der Waals surface area (Å²) in [7, 11) is 0. The van der Waals surface area contributed by atoms with Crippen LogP contribution in [0.15, 0.2) is 24.3 Å². The van der Waals surface area contributed by atoms with Gasteiger partial charge in [-0.15, -0.1) is 13.2 Å². The van der Waals surface area contributed by atoms with Crippen molar-refractivity contribution in [2.75, 3.05) is 0 Å². The predicted octanol–water partition coefficient (Wildman–Crippen LogP) is 9.94. The number of aryl methyl sites for hydroxylation is 1. The molecule has 2 saturated carbocycles. The van der Waals surface area contributed by atoms with Crippen LogP contribution in [-0.4, -0.2) is 6.36 Å². The average Bonchev–Trinajstić information content (AvgIpc) is 2.82. The Kier molecular flexibility index (Phi) is 10.9. The van der Waals surface area contributed by atoms with Crippen LogP contribution in [0.4, 0.5) is 22.0 Å². The van der Waals surface area contributed by atoms with Gasteiger partial charge in [0.15, 0.2) is 11.6 Å². The van der Waals surface area contributed by atoms with Gasteiger partial charge in [0.1, 0.15) is 0 Å². The van der Waals surface area contributed by atoms with Crippen LogP contribution in [0.3, 0.4) is 0 Å². The lowest BCUT2D eigenvalue weighted by molar-refractivity contribution is -0.276. The van der Waals surface area contributed by atoms with E-state index in [9.17, 15) is 22.0 Å². The number of ether oxygens (including phenoxy) is 1. The van der Waals surface area contributed by atoms with Crippen molar-refractivity contribution in [2.24, 2.45) is 23.7 Å². The Hall–Kier alpha value is -1.59. The van der Waals surface area contributed by atoms with Crippen LogP contribution < -0.4 is 4.74 Å². The average molecular weight is 501 g/mol. The Bertz CT molecular complexity index is 764. The zero-order chi connectivity index (χ0) is 25.3. The largest absolute Gasteiger partial charge is 0.573 e. The van der Waals surface area contributed by atoms with Crippen LogP contribution in [0, 0.1) is 35.3 Å². The van der Waals surface area contributed by atoms with Crippen molar-refractivity contribution in [1.82, 2.24) is 0 Å². The number of hydrogen-bond donors (Lipinski definition) is 0. The first-order valence-corrected chi connectivity index (χ1v) is 13.6. The maximum absolute atomic E-state index is 14.0. The fourth-order valence-corrected chi connectivity index (χ4v) is 6.16. The van der Waals surface area contributed by atoms with Crippen molar-refractivity contribution in [3.05, 3.63) is 41.5 Å². The van der Waals surface area contributed by atoms with Gasteiger partial charge in [0.2, 0.25) is 5.75 Å². The van der Waals surface area contributed by atoms with Gasteiger partial charge in [-0.2, -0.15) is 0 Å². The summed E-state index contributed by atoms with van der Waals surface area (Å²) >= 11 is 0. The first kappa shape index (κ1) is 28.0. The molecule has 0 N–H and O–H groups in total. The van der Waals surface area contributed by atoms with Crippen LogP contribution in [0.25, 0.3) is 0 Å². The van der Waals surface area contributed by atoms with Crippen molar-refractivity contribution in [1.29, 1.82) is 0 Å². The molecule has 0 aliphatic heterocycles. The molecule has 0 atom stereocenters. The second-order valence-corrected chi connectivity index (χ2v) is 10.7. The highest BCUT2D eigenvalue weighted by Gasteiger charge is 2.34. The molecule has 3 rings (SSSR count). The lowest BCUT2D eigenvalue weighted by Gasteiger charge is -2.38. The molecule has 35 heavy (non-hydrogen) atoms. The zero-order valence-corrected chi connectivity index (χ0v) is 21.0. The van der Waals surface area contributed by atoms with Crippen LogP contribution in [0.2, 0.25) is 0 Å². The van der Waals surface area contributed by atoms with Crippen LogP contribution in [0.5, 0.6) is 5.75 Å². The lowest BCUT2D eigenvalue weighted by atomic mass is 9.68. The Balaban J connectivity index is 1.34. The molecule has 0 amide bonds. The maximum atomic E-state index is 14.0. The van der Waals surface area contributed by atoms with E-state index in [2.05, 4.69) is 23.8 Å². The highest BCUT2D eigenvalue weighted by molar-refractivity contribution is 5.31. The van der Waals surface area contributed by atoms with E-state index in [0.717, 1.165) is 49.1 Å². The highest BCUT2D eigenvalue weighted by atomic mass is 19.4. The number of alkyl halides is 3. The molecule has 1 nitrogen and oxygen atoms in total. The minimum atomic E-state index is -5.12. The summed E-state index contributed by atoms with van der Waals surface area (Å²) in [4.78, 5) is 0. The summed E-state index contributed by atoms with van der Waals surface area (Å²) in [5.74, 6) is -0.912. The van der Waals surface area contributed by atoms with Crippen LogP contribution >= 0.6 is 0 Å². The van der Waals surface area contributed by atoms with Gasteiger partial charge in [-0.1, -0.05) is 57.6 Å². The fraction of sp³-hybridized carbons (Fsp3) is 0.724. The Morgan fingerprint density at radius 3 is 1.83 bits per heavy atom. The second-order valence-electron chi connectivity index (χ2n) is 10.7. The Morgan fingerprint density at radius 2 is 1.31 bits per heavy atom. The third kappa shape index (κ3) is 9.42. The first-order valence-electron chi connectivity index (χ1n) is 13.6. The zero-order valence-electron chi connectivity index (χ0n) is 21.0. The molecule has 1 aromatic carbocycles. The number of hydrogen-bond acceptors (Lipinski definition) is 1. The van der Waals surface area contributed by atoms with Crippen LogP contribution in [0.1, 0.15) is 102 Å². The van der Waals surface area contributed by atoms with Crippen molar-refractivity contribution in [3.63, 3.8) is 0 Å².